The lowest BCUT2D eigenvalue weighted by Gasteiger charge is -2.37. The minimum atomic E-state index is 0.171. The van der Waals surface area contributed by atoms with Gasteiger partial charge in [-0.2, -0.15) is 0 Å². The number of nitrogens with one attached hydrogen (secondary N) is 1. The Morgan fingerprint density at radius 1 is 1.08 bits per heavy atom. The first kappa shape index (κ1) is 17.9. The van der Waals surface area contributed by atoms with Crippen LogP contribution in [0, 0.1) is 0 Å². The van der Waals surface area contributed by atoms with Gasteiger partial charge in [0.25, 0.3) is 0 Å². The maximum absolute atomic E-state index is 5.95. The number of guanidine groups is 1. The fourth-order valence-corrected chi connectivity index (χ4v) is 3.54. The summed E-state index contributed by atoms with van der Waals surface area (Å²) in [5, 5.41) is 3.44. The Bertz CT molecular complexity index is 395. The van der Waals surface area contributed by atoms with Crippen LogP contribution in [0.4, 0.5) is 0 Å². The van der Waals surface area contributed by atoms with Crippen molar-refractivity contribution in [1.82, 2.24) is 15.1 Å². The third-order valence-electron chi connectivity index (χ3n) is 4.89. The highest BCUT2D eigenvalue weighted by molar-refractivity contribution is 5.80. The Hall–Kier alpha value is -0.890. The summed E-state index contributed by atoms with van der Waals surface area (Å²) in [6.45, 7) is 11.9. The molecule has 0 aromatic heterocycles. The smallest absolute Gasteiger partial charge is 0.194 e. The molecule has 7 heteroatoms. The predicted octanol–water partition coefficient (Wildman–Crippen LogP) is 0.164. The van der Waals surface area contributed by atoms with Gasteiger partial charge in [-0.15, -0.1) is 0 Å². The van der Waals surface area contributed by atoms with E-state index < -0.39 is 0 Å². The number of morpholine rings is 2. The lowest BCUT2D eigenvalue weighted by Crippen LogP contribution is -2.53. The van der Waals surface area contributed by atoms with E-state index in [4.69, 9.17) is 19.2 Å². The molecular formula is C17H32N4O3. The standard InChI is InChI=1S/C17H32N4O3/c1-2-18-17(19-5-6-20-7-11-22-12-8-20)21-9-13-24-16(14-21)15-4-3-10-23-15/h15-16H,2-14H2,1H3,(H,18,19). The van der Waals surface area contributed by atoms with Crippen LogP contribution in [0.15, 0.2) is 4.99 Å². The van der Waals surface area contributed by atoms with E-state index in [2.05, 4.69) is 22.0 Å². The zero-order valence-electron chi connectivity index (χ0n) is 14.9. The van der Waals surface area contributed by atoms with Crippen molar-refractivity contribution in [3.8, 4) is 0 Å². The molecule has 0 bridgehead atoms. The quantitative estimate of drug-likeness (QED) is 0.569. The van der Waals surface area contributed by atoms with Gasteiger partial charge in [0, 0.05) is 45.9 Å². The van der Waals surface area contributed by atoms with Gasteiger partial charge in [-0.05, 0) is 19.8 Å². The Morgan fingerprint density at radius 3 is 2.67 bits per heavy atom. The Morgan fingerprint density at radius 2 is 1.92 bits per heavy atom. The first-order chi connectivity index (χ1) is 11.9. The van der Waals surface area contributed by atoms with E-state index in [0.29, 0.717) is 0 Å². The molecule has 3 rings (SSSR count). The largest absolute Gasteiger partial charge is 0.379 e. The number of aliphatic imine (C=N–C) groups is 1. The summed E-state index contributed by atoms with van der Waals surface area (Å²) < 4.78 is 17.2. The van der Waals surface area contributed by atoms with Crippen molar-refractivity contribution in [1.29, 1.82) is 0 Å². The average molecular weight is 340 g/mol. The minimum Gasteiger partial charge on any atom is -0.379 e. The highest BCUT2D eigenvalue weighted by Gasteiger charge is 2.32. The lowest BCUT2D eigenvalue weighted by atomic mass is 10.1. The normalized spacial score (nSPS) is 29.9. The third kappa shape index (κ3) is 5.05. The van der Waals surface area contributed by atoms with E-state index >= 15 is 0 Å². The molecule has 3 saturated heterocycles. The van der Waals surface area contributed by atoms with Crippen LogP contribution in [0.1, 0.15) is 19.8 Å². The average Bonchev–Trinajstić information content (AvgIpc) is 3.17. The highest BCUT2D eigenvalue weighted by atomic mass is 16.5. The van der Waals surface area contributed by atoms with Gasteiger partial charge in [0.15, 0.2) is 5.96 Å². The monoisotopic (exact) mass is 340 g/mol. The second kappa shape index (κ2) is 9.56. The summed E-state index contributed by atoms with van der Waals surface area (Å²) in [6.07, 6.45) is 2.69. The second-order valence-corrected chi connectivity index (χ2v) is 6.60. The van der Waals surface area contributed by atoms with Crippen molar-refractivity contribution in [3.63, 3.8) is 0 Å². The molecule has 0 spiro atoms. The number of ether oxygens (including phenoxy) is 3. The molecule has 3 aliphatic rings. The summed E-state index contributed by atoms with van der Waals surface area (Å²) >= 11 is 0. The summed E-state index contributed by atoms with van der Waals surface area (Å²) in [4.78, 5) is 9.60. The van der Waals surface area contributed by atoms with Crippen LogP contribution in [0.5, 0.6) is 0 Å². The summed E-state index contributed by atoms with van der Waals surface area (Å²) in [5.41, 5.74) is 0. The van der Waals surface area contributed by atoms with E-state index in [1.807, 2.05) is 0 Å². The summed E-state index contributed by atoms with van der Waals surface area (Å²) in [7, 11) is 0. The van der Waals surface area contributed by atoms with Crippen LogP contribution in [0.3, 0.4) is 0 Å². The molecule has 7 nitrogen and oxygen atoms in total. The minimum absolute atomic E-state index is 0.171. The zero-order chi connectivity index (χ0) is 16.6. The maximum atomic E-state index is 5.95. The van der Waals surface area contributed by atoms with Gasteiger partial charge in [-0.1, -0.05) is 0 Å². The number of nitrogens with zero attached hydrogens (tertiary/aromatic N) is 3. The Kier molecular flexibility index (Phi) is 7.13. The Labute approximate surface area is 145 Å². The van der Waals surface area contributed by atoms with Crippen molar-refractivity contribution in [2.75, 3.05) is 72.2 Å². The fourth-order valence-electron chi connectivity index (χ4n) is 3.54. The van der Waals surface area contributed by atoms with E-state index in [0.717, 1.165) is 91.0 Å². The predicted molar refractivity (Wildman–Crippen MR) is 93.5 cm³/mol. The summed E-state index contributed by atoms with van der Waals surface area (Å²) in [6, 6.07) is 0. The maximum Gasteiger partial charge on any atom is 0.194 e. The molecule has 138 valence electrons. The molecule has 0 saturated carbocycles. The van der Waals surface area contributed by atoms with Crippen LogP contribution < -0.4 is 5.32 Å². The van der Waals surface area contributed by atoms with Gasteiger partial charge < -0.3 is 24.4 Å². The zero-order valence-corrected chi connectivity index (χ0v) is 14.9. The molecule has 0 aliphatic carbocycles. The molecule has 0 aromatic rings. The molecule has 3 fully saturated rings. The summed E-state index contributed by atoms with van der Waals surface area (Å²) in [5.74, 6) is 1.01. The molecule has 3 heterocycles. The van der Waals surface area contributed by atoms with E-state index in [1.54, 1.807) is 0 Å². The van der Waals surface area contributed by atoms with Gasteiger partial charge in [0.1, 0.15) is 6.10 Å². The van der Waals surface area contributed by atoms with Gasteiger partial charge in [0.05, 0.1) is 32.5 Å². The molecule has 0 aromatic carbocycles. The van der Waals surface area contributed by atoms with Gasteiger partial charge >= 0.3 is 0 Å². The van der Waals surface area contributed by atoms with Crippen LogP contribution in [-0.2, 0) is 14.2 Å². The van der Waals surface area contributed by atoms with E-state index in [-0.39, 0.29) is 12.2 Å². The van der Waals surface area contributed by atoms with Crippen LogP contribution in [0.2, 0.25) is 0 Å². The van der Waals surface area contributed by atoms with Gasteiger partial charge in [-0.25, -0.2) is 0 Å². The topological polar surface area (TPSA) is 58.6 Å². The third-order valence-corrected chi connectivity index (χ3v) is 4.89. The molecule has 24 heavy (non-hydrogen) atoms. The Balaban J connectivity index is 1.51. The molecule has 2 unspecified atom stereocenters. The van der Waals surface area contributed by atoms with Gasteiger partial charge in [0.2, 0.25) is 0 Å². The van der Waals surface area contributed by atoms with Crippen molar-refractivity contribution >= 4 is 5.96 Å². The first-order valence-electron chi connectivity index (χ1n) is 9.43. The SMILES string of the molecule is CCNC(=NCCN1CCOCC1)N1CCOC(C2CCCO2)C1. The van der Waals surface area contributed by atoms with Crippen molar-refractivity contribution < 1.29 is 14.2 Å². The van der Waals surface area contributed by atoms with E-state index in [9.17, 15) is 0 Å². The molecule has 2 atom stereocenters. The number of hydrogen-bond donors (Lipinski definition) is 1. The highest BCUT2D eigenvalue weighted by Crippen LogP contribution is 2.21. The fraction of sp³-hybridized carbons (Fsp3) is 0.941. The first-order valence-corrected chi connectivity index (χ1v) is 9.43. The van der Waals surface area contributed by atoms with Crippen LogP contribution >= 0.6 is 0 Å². The number of rotatable bonds is 5. The molecule has 0 amide bonds. The van der Waals surface area contributed by atoms with Crippen LogP contribution in [0.25, 0.3) is 0 Å². The lowest BCUT2D eigenvalue weighted by molar-refractivity contribution is -0.0817. The molecule has 1 N–H and O–H groups in total. The number of hydrogen-bond acceptors (Lipinski definition) is 5. The molecular weight excluding hydrogens is 308 g/mol. The van der Waals surface area contributed by atoms with Crippen LogP contribution in [-0.4, -0.2) is 100 Å². The van der Waals surface area contributed by atoms with Crippen molar-refractivity contribution in [3.05, 3.63) is 0 Å². The van der Waals surface area contributed by atoms with E-state index in [1.165, 1.54) is 0 Å². The molecule has 3 aliphatic heterocycles. The second-order valence-electron chi connectivity index (χ2n) is 6.60. The van der Waals surface area contributed by atoms with Gasteiger partial charge in [-0.3, -0.25) is 9.89 Å². The van der Waals surface area contributed by atoms with Crippen molar-refractivity contribution in [2.24, 2.45) is 4.99 Å². The van der Waals surface area contributed by atoms with Crippen molar-refractivity contribution in [2.45, 2.75) is 32.0 Å². The molecule has 0 radical (unpaired) electrons.